The fraction of sp³-hybridized carbons (Fsp3) is 0.620. The molecule has 141 heavy (non-hydrogen) atoms. The van der Waals surface area contributed by atoms with Gasteiger partial charge in [-0.3, -0.25) is 105 Å². The Morgan fingerprint density at radius 3 is 1.14 bits per heavy atom. The van der Waals surface area contributed by atoms with E-state index in [2.05, 4.69) is 74.4 Å². The SMILES string of the molecule is CC[C@H](C)[C@H](NC(=O)[C@H](Cc1ccccc1)NC(=O)[C@H](CC(=O)O)NC(=O)[C@@H]1CCCN1C(=O)[C@@H](NC(=O)[C@@H](NC(=O)[C@H](CC(C)C)NC(=O)[C@H](CC(C)C)NC(=O)[C@@H](N)CC(C)C)[C@@H](C)O)[C@@H](C)CC)C(=O)N[C@@H](Cc1ccccc1)C(=O)N[C@@H](C)C(=O)N[C@@H](CC(N)=O)C(=O)N[C@H](C(=O)N[C@@H](CO)C(=O)N[C@@H](CCC(=O)O)C(=O)N[C@@H](C)C(=O)N[C@@H](CC(=O)O)C(=O)N[C@@H](CC(=O)O)C(=O)O)C(C)C. The molecule has 1 fully saturated rings. The van der Waals surface area contributed by atoms with Crippen LogP contribution in [-0.4, -0.2) is 305 Å². The van der Waals surface area contributed by atoms with Crippen molar-refractivity contribution in [3.05, 3.63) is 71.8 Å². The van der Waals surface area contributed by atoms with E-state index in [1.165, 1.54) is 20.8 Å². The van der Waals surface area contributed by atoms with Crippen LogP contribution in [0.2, 0.25) is 0 Å². The number of carbonyl (C=O) groups excluding carboxylic acids is 18. The summed E-state index contributed by atoms with van der Waals surface area (Å²) in [5, 5.41) is 107. The number of nitrogens with two attached hydrogens (primary N) is 2. The zero-order valence-electron chi connectivity index (χ0n) is 81.9. The molecule has 1 aliphatic heterocycles. The van der Waals surface area contributed by atoms with Crippen LogP contribution in [0.5, 0.6) is 0 Å². The molecule has 2 aromatic rings. The summed E-state index contributed by atoms with van der Waals surface area (Å²) in [6, 6.07) is -13.9. The first-order valence-electron chi connectivity index (χ1n) is 46.6. The van der Waals surface area contributed by atoms with Crippen molar-refractivity contribution in [2.24, 2.45) is 47.0 Å². The van der Waals surface area contributed by atoms with Crippen molar-refractivity contribution in [3.8, 4) is 0 Å². The van der Waals surface area contributed by atoms with Gasteiger partial charge in [-0.05, 0) is 106 Å². The van der Waals surface area contributed by atoms with Crippen LogP contribution in [-0.2, 0) is 123 Å². The molecular formula is C92H141N19O30. The first-order valence-corrected chi connectivity index (χ1v) is 46.6. The zero-order valence-corrected chi connectivity index (χ0v) is 81.9. The summed E-state index contributed by atoms with van der Waals surface area (Å²) < 4.78 is 0. The van der Waals surface area contributed by atoms with E-state index in [1.807, 2.05) is 33.0 Å². The molecule has 1 saturated heterocycles. The van der Waals surface area contributed by atoms with E-state index in [0.29, 0.717) is 17.5 Å². The van der Waals surface area contributed by atoms with E-state index in [4.69, 9.17) is 16.6 Å². The number of carboxylic acid groups (broad SMARTS) is 5. The number of hydrogen-bond donors (Lipinski definition) is 25. The number of primary amides is 1. The molecular weight excluding hydrogens is 1850 g/mol. The summed E-state index contributed by atoms with van der Waals surface area (Å²) in [5.41, 5.74) is 12.5. The molecule has 27 N–H and O–H groups in total. The maximum absolute atomic E-state index is 15.0. The highest BCUT2D eigenvalue weighted by Crippen LogP contribution is 2.24. The molecule has 0 spiro atoms. The molecule has 0 bridgehead atoms. The average Bonchev–Trinajstić information content (AvgIpc) is 1.71. The highest BCUT2D eigenvalue weighted by Gasteiger charge is 2.45. The van der Waals surface area contributed by atoms with Gasteiger partial charge >= 0.3 is 29.8 Å². The summed E-state index contributed by atoms with van der Waals surface area (Å²) in [6.45, 7) is 22.3. The number of likely N-dealkylation sites (tertiary alicyclic amines) is 1. The van der Waals surface area contributed by atoms with Gasteiger partial charge in [-0.15, -0.1) is 0 Å². The van der Waals surface area contributed by atoms with Crippen LogP contribution in [0.15, 0.2) is 60.7 Å². The Morgan fingerprint density at radius 2 is 0.702 bits per heavy atom. The number of carbonyl (C=O) groups is 23. The minimum Gasteiger partial charge on any atom is -0.481 e. The second-order valence-corrected chi connectivity index (χ2v) is 36.8. The first kappa shape index (κ1) is 121. The Kier molecular flexibility index (Phi) is 51.2. The maximum Gasteiger partial charge on any atom is 0.326 e. The lowest BCUT2D eigenvalue weighted by atomic mass is 9.96. The summed E-state index contributed by atoms with van der Waals surface area (Å²) in [4.78, 5) is 313. The van der Waals surface area contributed by atoms with Crippen LogP contribution in [0.3, 0.4) is 0 Å². The standard InChI is InChI=1S/C92H141N19O30/c1-16-47(11)72(108-84(132)59(37-53-27-22-19-23-28-53)102-81(129)62(40-69(119)120)103-87(135)65-29-24-32-111(65)91(139)73(48(12)17-2)109-90(138)74(51(15)113)110-83(131)57(35-45(7)8)101-80(128)56(34-44(5)6)100-77(125)54(93)33-43(3)4)89(137)104-58(36-52-25-20-18-21-26-52)79(127)96-50(14)75(123)98-60(38-66(94)114)85(133)107-71(46(9)10)88(136)106-64(42-112)86(134)97-55(30-31-67(115)116)78(126)95-49(13)76(124)99-61(39-68(117)118)82(130)105-63(92(140)141)41-70(121)122/h18-23,25-28,43-51,54-65,71-74,112-113H,16-17,24,29-42,93H2,1-15H3,(H2,94,114)(H,95,126)(H,96,127)(H,97,134)(H,98,123)(H,99,124)(H,100,125)(H,101,128)(H,102,129)(H,103,135)(H,104,137)(H,105,130)(H,106,136)(H,107,133)(H,108,132)(H,109,138)(H,110,131)(H,115,116)(H,117,118)(H,119,120)(H,121,122)(H,140,141)/t47-,48-,49-,50-,51+,54-,55-,56-,57-,58-,59-,60-,61-,62-,63-,64-,65-,71-,72-,73-,74-/m0/s1. The Balaban J connectivity index is 1.92. The van der Waals surface area contributed by atoms with Crippen LogP contribution < -0.4 is 96.5 Å². The number of hydrogen-bond acceptors (Lipinski definition) is 26. The third-order valence-electron chi connectivity index (χ3n) is 22.9. The van der Waals surface area contributed by atoms with Crippen molar-refractivity contribution >= 4 is 136 Å². The van der Waals surface area contributed by atoms with Crippen LogP contribution in [0.25, 0.3) is 0 Å². The number of nitrogens with one attached hydrogen (secondary N) is 16. The Morgan fingerprint density at radius 1 is 0.362 bits per heavy atom. The highest BCUT2D eigenvalue weighted by molar-refractivity contribution is 6.03. The predicted octanol–water partition coefficient (Wildman–Crippen LogP) is -4.90. The van der Waals surface area contributed by atoms with Gasteiger partial charge in [0.2, 0.25) is 106 Å². The van der Waals surface area contributed by atoms with Gasteiger partial charge in [0.15, 0.2) is 0 Å². The van der Waals surface area contributed by atoms with Crippen LogP contribution in [0, 0.1) is 35.5 Å². The van der Waals surface area contributed by atoms with E-state index in [9.17, 15) is 136 Å². The Hall–Kier alpha value is -13.9. The van der Waals surface area contributed by atoms with Gasteiger partial charge in [0.25, 0.3) is 0 Å². The van der Waals surface area contributed by atoms with Gasteiger partial charge < -0.3 is 137 Å². The second kappa shape index (κ2) is 59.5. The van der Waals surface area contributed by atoms with Crippen molar-refractivity contribution in [2.75, 3.05) is 13.2 Å². The number of nitrogens with zero attached hydrogens (tertiary/aromatic N) is 1. The molecule has 49 heteroatoms. The van der Waals surface area contributed by atoms with Gasteiger partial charge in [0.1, 0.15) is 103 Å². The Bertz CT molecular complexity index is 4700. The molecule has 0 unspecified atom stereocenters. The smallest absolute Gasteiger partial charge is 0.326 e. The number of benzene rings is 2. The van der Waals surface area contributed by atoms with Crippen LogP contribution >= 0.6 is 0 Å². The largest absolute Gasteiger partial charge is 0.481 e. The van der Waals surface area contributed by atoms with Crippen molar-refractivity contribution < 1.29 is 146 Å². The van der Waals surface area contributed by atoms with Gasteiger partial charge in [-0.1, -0.05) is 157 Å². The molecule has 0 radical (unpaired) electrons. The fourth-order valence-corrected chi connectivity index (χ4v) is 14.7. The van der Waals surface area contributed by atoms with E-state index in [1.54, 1.807) is 108 Å². The van der Waals surface area contributed by atoms with Crippen LogP contribution in [0.1, 0.15) is 198 Å². The normalized spacial score (nSPS) is 16.6. The number of aliphatic carboxylic acids is 5. The summed E-state index contributed by atoms with van der Waals surface area (Å²) in [7, 11) is 0. The number of aliphatic hydroxyl groups excluding tert-OH is 2. The molecule has 0 aromatic heterocycles. The van der Waals surface area contributed by atoms with Crippen LogP contribution in [0.4, 0.5) is 0 Å². The van der Waals surface area contributed by atoms with E-state index < -0.39 is 314 Å². The number of amides is 18. The van der Waals surface area contributed by atoms with E-state index in [-0.39, 0.29) is 75.7 Å². The molecule has 3 rings (SSSR count). The number of carboxylic acids is 5. The second-order valence-electron chi connectivity index (χ2n) is 36.8. The quantitative estimate of drug-likeness (QED) is 0.0295. The van der Waals surface area contributed by atoms with Gasteiger partial charge in [-0.25, -0.2) is 4.79 Å². The van der Waals surface area contributed by atoms with Crippen molar-refractivity contribution in [3.63, 3.8) is 0 Å². The summed E-state index contributed by atoms with van der Waals surface area (Å²) >= 11 is 0. The molecule has 2 aromatic carbocycles. The molecule has 21 atom stereocenters. The average molecular weight is 1990 g/mol. The third kappa shape index (κ3) is 42.0. The summed E-state index contributed by atoms with van der Waals surface area (Å²) in [6.07, 6.45) is -7.20. The molecule has 1 heterocycles. The van der Waals surface area contributed by atoms with Crippen molar-refractivity contribution in [1.29, 1.82) is 0 Å². The first-order chi connectivity index (χ1) is 65.9. The minimum atomic E-state index is -2.09. The molecule has 0 aliphatic carbocycles. The Labute approximate surface area is 815 Å². The third-order valence-corrected chi connectivity index (χ3v) is 22.9. The van der Waals surface area contributed by atoms with E-state index >= 15 is 4.79 Å². The number of rotatable bonds is 62. The lowest BCUT2D eigenvalue weighted by Gasteiger charge is -2.33. The van der Waals surface area contributed by atoms with Gasteiger partial charge in [-0.2, -0.15) is 0 Å². The molecule has 1 aliphatic rings. The molecule has 49 nitrogen and oxygen atoms in total. The van der Waals surface area contributed by atoms with Gasteiger partial charge in [0, 0.05) is 25.8 Å². The topological polar surface area (TPSA) is 782 Å². The predicted molar refractivity (Wildman–Crippen MR) is 501 cm³/mol. The molecule has 0 saturated carbocycles. The lowest BCUT2D eigenvalue weighted by Crippen LogP contribution is -2.63. The molecule has 18 amide bonds. The van der Waals surface area contributed by atoms with Crippen molar-refractivity contribution in [1.82, 2.24) is 90.0 Å². The maximum atomic E-state index is 15.0. The number of aliphatic hydroxyl groups is 2. The summed E-state index contributed by atoms with van der Waals surface area (Å²) in [5.74, 6) is -30.8. The molecule has 784 valence electrons. The monoisotopic (exact) mass is 1990 g/mol. The zero-order chi connectivity index (χ0) is 107. The fourth-order valence-electron chi connectivity index (χ4n) is 14.7. The minimum absolute atomic E-state index is 0.0342. The van der Waals surface area contributed by atoms with Crippen molar-refractivity contribution in [2.45, 2.75) is 315 Å². The highest BCUT2D eigenvalue weighted by atomic mass is 16.4. The van der Waals surface area contributed by atoms with Gasteiger partial charge in [0.05, 0.1) is 44.4 Å². The van der Waals surface area contributed by atoms with E-state index in [0.717, 1.165) is 18.7 Å². The lowest BCUT2D eigenvalue weighted by molar-refractivity contribution is -0.148.